The van der Waals surface area contributed by atoms with Crippen molar-refractivity contribution < 1.29 is 9.60 Å². The van der Waals surface area contributed by atoms with Crippen LogP contribution in [-0.2, 0) is 0 Å². The van der Waals surface area contributed by atoms with Crippen molar-refractivity contribution in [3.63, 3.8) is 0 Å². The summed E-state index contributed by atoms with van der Waals surface area (Å²) in [6.07, 6.45) is 0. The second-order valence-corrected chi connectivity index (χ2v) is 6.86. The smallest absolute Gasteiger partial charge is 0.123 e. The molecule has 0 aliphatic rings. The number of nitrogens with zero attached hydrogens (tertiary/aromatic N) is 1. The first-order valence-corrected chi connectivity index (χ1v) is 7.70. The molecule has 19 heavy (non-hydrogen) atoms. The zero-order valence-corrected chi connectivity index (χ0v) is 12.6. The Morgan fingerprint density at radius 2 is 2.00 bits per heavy atom. The predicted molar refractivity (Wildman–Crippen MR) is 79.8 cm³/mol. The molecular weight excluding hydrogens is 328 g/mol. The minimum absolute atomic E-state index is 0.284. The lowest BCUT2D eigenvalue weighted by molar-refractivity contribution is 0.319. The van der Waals surface area contributed by atoms with E-state index in [0.29, 0.717) is 25.7 Å². The van der Waals surface area contributed by atoms with Crippen LogP contribution in [0.4, 0.5) is 4.39 Å². The maximum absolute atomic E-state index is 12.8. The third-order valence-corrected chi connectivity index (χ3v) is 4.79. The van der Waals surface area contributed by atoms with Crippen LogP contribution in [0.3, 0.4) is 0 Å². The largest absolute Gasteiger partial charge is 0.411 e. The molecule has 1 aromatic heterocycles. The van der Waals surface area contributed by atoms with Gasteiger partial charge in [0, 0.05) is 16.2 Å². The summed E-state index contributed by atoms with van der Waals surface area (Å²) in [7, 11) is 0. The van der Waals surface area contributed by atoms with Crippen LogP contribution in [0.5, 0.6) is 0 Å². The van der Waals surface area contributed by atoms with Crippen molar-refractivity contribution in [1.82, 2.24) is 0 Å². The summed E-state index contributed by atoms with van der Waals surface area (Å²) in [5, 5.41) is 12.3. The van der Waals surface area contributed by atoms with E-state index < -0.39 is 0 Å². The van der Waals surface area contributed by atoms with Gasteiger partial charge in [0.1, 0.15) is 10.2 Å². The van der Waals surface area contributed by atoms with E-state index in [1.165, 1.54) is 35.2 Å². The van der Waals surface area contributed by atoms with Crippen LogP contribution >= 0.6 is 46.3 Å². The van der Waals surface area contributed by atoms with Crippen molar-refractivity contribution in [2.45, 2.75) is 4.90 Å². The summed E-state index contributed by atoms with van der Waals surface area (Å²) >= 11 is 14.5. The Hall–Kier alpha value is -0.750. The van der Waals surface area contributed by atoms with Crippen LogP contribution in [0.25, 0.3) is 0 Å². The fraction of sp³-hybridized carbons (Fsp3) is 0.0833. The molecule has 0 fully saturated rings. The lowest BCUT2D eigenvalue weighted by atomic mass is 10.2. The third-order valence-electron chi connectivity index (χ3n) is 2.28. The summed E-state index contributed by atoms with van der Waals surface area (Å²) in [5.74, 6) is 0.127. The number of benzene rings is 1. The normalized spacial score (nSPS) is 11.8. The number of thiophene rings is 1. The fourth-order valence-electron chi connectivity index (χ4n) is 1.38. The molecule has 0 saturated heterocycles. The molecule has 0 radical (unpaired) electrons. The molecule has 0 spiro atoms. The van der Waals surface area contributed by atoms with E-state index in [0.717, 1.165) is 4.90 Å². The molecule has 2 nitrogen and oxygen atoms in total. The van der Waals surface area contributed by atoms with Gasteiger partial charge >= 0.3 is 0 Å². The maximum atomic E-state index is 12.8. The first kappa shape index (κ1) is 14.7. The number of oxime groups is 1. The van der Waals surface area contributed by atoms with E-state index in [-0.39, 0.29) is 5.82 Å². The van der Waals surface area contributed by atoms with Crippen LogP contribution in [0.2, 0.25) is 8.67 Å². The van der Waals surface area contributed by atoms with E-state index in [1.54, 1.807) is 18.2 Å². The van der Waals surface area contributed by atoms with Crippen LogP contribution in [0.15, 0.2) is 40.4 Å². The van der Waals surface area contributed by atoms with Crippen molar-refractivity contribution in [3.05, 3.63) is 50.4 Å². The standard InChI is InChI=1S/C12H8Cl2FNOS2/c13-11-5-9(12(14)19-11)10(16-17)6-18-8-3-1-7(15)2-4-8/h1-5,17H,6H2/b16-10-. The highest BCUT2D eigenvalue weighted by molar-refractivity contribution is 8.00. The Morgan fingerprint density at radius 1 is 1.32 bits per heavy atom. The molecule has 0 atom stereocenters. The first-order valence-electron chi connectivity index (χ1n) is 5.14. The highest BCUT2D eigenvalue weighted by Gasteiger charge is 2.13. The molecule has 0 aliphatic carbocycles. The first-order chi connectivity index (χ1) is 9.10. The Kier molecular flexibility index (Phi) is 5.10. The molecule has 1 heterocycles. The molecule has 1 aromatic carbocycles. The monoisotopic (exact) mass is 335 g/mol. The van der Waals surface area contributed by atoms with E-state index in [2.05, 4.69) is 5.16 Å². The zero-order chi connectivity index (χ0) is 13.8. The summed E-state index contributed by atoms with van der Waals surface area (Å²) in [6, 6.07) is 7.75. The SMILES string of the molecule is O/N=C(/CSc1ccc(F)cc1)c1cc(Cl)sc1Cl. The van der Waals surface area contributed by atoms with E-state index >= 15 is 0 Å². The molecule has 0 bridgehead atoms. The summed E-state index contributed by atoms with van der Waals surface area (Å²) in [6.45, 7) is 0. The van der Waals surface area contributed by atoms with Gasteiger partial charge in [0.15, 0.2) is 0 Å². The number of hydrogen-bond donors (Lipinski definition) is 1. The Balaban J connectivity index is 2.08. The lowest BCUT2D eigenvalue weighted by Crippen LogP contribution is -2.03. The highest BCUT2D eigenvalue weighted by Crippen LogP contribution is 2.32. The topological polar surface area (TPSA) is 32.6 Å². The van der Waals surface area contributed by atoms with Gasteiger partial charge in [0.25, 0.3) is 0 Å². The van der Waals surface area contributed by atoms with Gasteiger partial charge in [-0.2, -0.15) is 0 Å². The van der Waals surface area contributed by atoms with E-state index in [1.807, 2.05) is 0 Å². The summed E-state index contributed by atoms with van der Waals surface area (Å²) in [4.78, 5) is 0.875. The van der Waals surface area contributed by atoms with Crippen LogP contribution in [0, 0.1) is 5.82 Å². The van der Waals surface area contributed by atoms with Gasteiger partial charge in [0.05, 0.1) is 10.0 Å². The molecular formula is C12H8Cl2FNOS2. The number of thioether (sulfide) groups is 1. The average Bonchev–Trinajstić information content (AvgIpc) is 2.72. The molecule has 2 rings (SSSR count). The Labute approximate surface area is 127 Å². The number of hydrogen-bond acceptors (Lipinski definition) is 4. The molecule has 0 unspecified atom stereocenters. The van der Waals surface area contributed by atoms with Crippen LogP contribution < -0.4 is 0 Å². The molecule has 7 heteroatoms. The number of rotatable bonds is 4. The number of halogens is 3. The van der Waals surface area contributed by atoms with Crippen LogP contribution in [0.1, 0.15) is 5.56 Å². The zero-order valence-electron chi connectivity index (χ0n) is 9.44. The second-order valence-electron chi connectivity index (χ2n) is 3.53. The van der Waals surface area contributed by atoms with E-state index in [9.17, 15) is 4.39 Å². The van der Waals surface area contributed by atoms with E-state index in [4.69, 9.17) is 28.4 Å². The molecule has 100 valence electrons. The minimum atomic E-state index is -0.284. The molecule has 0 amide bonds. The summed E-state index contributed by atoms with van der Waals surface area (Å²) < 4.78 is 13.8. The van der Waals surface area contributed by atoms with Crippen LogP contribution in [-0.4, -0.2) is 16.7 Å². The predicted octanol–water partition coefficient (Wildman–Crippen LogP) is 5.16. The van der Waals surface area contributed by atoms with Gasteiger partial charge in [-0.15, -0.1) is 23.1 Å². The molecule has 1 N–H and O–H groups in total. The minimum Gasteiger partial charge on any atom is -0.411 e. The average molecular weight is 336 g/mol. The molecule has 2 aromatic rings. The van der Waals surface area contributed by atoms with Gasteiger partial charge in [-0.05, 0) is 30.3 Å². The summed E-state index contributed by atoms with van der Waals surface area (Å²) in [5.41, 5.74) is 1.05. The van der Waals surface area contributed by atoms with Crippen molar-refractivity contribution in [3.8, 4) is 0 Å². The highest BCUT2D eigenvalue weighted by atomic mass is 35.5. The molecule has 0 aliphatic heterocycles. The quantitative estimate of drug-likeness (QED) is 0.362. The molecule has 0 saturated carbocycles. The van der Waals surface area contributed by atoms with Gasteiger partial charge in [-0.3, -0.25) is 0 Å². The third kappa shape index (κ3) is 3.86. The Bertz CT molecular complexity index is 598. The van der Waals surface area contributed by atoms with Crippen molar-refractivity contribution in [2.75, 3.05) is 5.75 Å². The van der Waals surface area contributed by atoms with Crippen molar-refractivity contribution >= 4 is 52.0 Å². The Morgan fingerprint density at radius 3 is 2.53 bits per heavy atom. The van der Waals surface area contributed by atoms with Gasteiger partial charge in [-0.1, -0.05) is 28.4 Å². The second kappa shape index (κ2) is 6.61. The van der Waals surface area contributed by atoms with Crippen molar-refractivity contribution in [1.29, 1.82) is 0 Å². The van der Waals surface area contributed by atoms with Gasteiger partial charge in [0.2, 0.25) is 0 Å². The van der Waals surface area contributed by atoms with Gasteiger partial charge < -0.3 is 5.21 Å². The van der Waals surface area contributed by atoms with Gasteiger partial charge in [-0.25, -0.2) is 4.39 Å². The van der Waals surface area contributed by atoms with Crippen molar-refractivity contribution in [2.24, 2.45) is 5.16 Å². The maximum Gasteiger partial charge on any atom is 0.123 e. The fourth-order valence-corrected chi connectivity index (χ4v) is 3.73. The lowest BCUT2D eigenvalue weighted by Gasteiger charge is -2.03.